The molecule has 2 aliphatic rings. The van der Waals surface area contributed by atoms with Crippen LogP contribution in [0.5, 0.6) is 0 Å². The summed E-state index contributed by atoms with van der Waals surface area (Å²) in [6.45, 7) is 4.01. The van der Waals surface area contributed by atoms with Crippen LogP contribution in [0.4, 0.5) is 5.82 Å². The van der Waals surface area contributed by atoms with Gasteiger partial charge in [0.1, 0.15) is 23.9 Å². The number of hydrogen-bond donors (Lipinski definition) is 1. The molecule has 3 aromatic heterocycles. The summed E-state index contributed by atoms with van der Waals surface area (Å²) in [7, 11) is 0. The molecule has 0 bridgehead atoms. The fourth-order valence-corrected chi connectivity index (χ4v) is 4.99. The number of aromatic nitrogens is 4. The molecule has 1 aliphatic heterocycles. The lowest BCUT2D eigenvalue weighted by atomic mass is 9.96. The molecule has 152 valence electrons. The molecule has 1 saturated heterocycles. The normalized spacial score (nSPS) is 28.1. The third-order valence-corrected chi connectivity index (χ3v) is 6.24. The average molecular weight is 393 g/mol. The van der Waals surface area contributed by atoms with Gasteiger partial charge in [-0.25, -0.2) is 9.97 Å². The number of rotatable bonds is 5. The highest BCUT2D eigenvalue weighted by Crippen LogP contribution is 2.49. The van der Waals surface area contributed by atoms with E-state index in [1.165, 1.54) is 11.9 Å². The number of anilines is 1. The van der Waals surface area contributed by atoms with Crippen molar-refractivity contribution < 1.29 is 9.47 Å². The zero-order valence-corrected chi connectivity index (χ0v) is 16.9. The lowest BCUT2D eigenvalue weighted by Gasteiger charge is -2.24. The Balaban J connectivity index is 1.38. The van der Waals surface area contributed by atoms with Gasteiger partial charge >= 0.3 is 0 Å². The summed E-state index contributed by atoms with van der Waals surface area (Å²) < 4.78 is 14.9. The summed E-state index contributed by atoms with van der Waals surface area (Å²) in [4.78, 5) is 12.7. The molecule has 0 radical (unpaired) electrons. The maximum atomic E-state index is 6.36. The number of fused-ring (bicyclic) bond motifs is 2. The zero-order valence-electron chi connectivity index (χ0n) is 16.9. The van der Waals surface area contributed by atoms with E-state index >= 15 is 0 Å². The molecule has 5 rings (SSSR count). The van der Waals surface area contributed by atoms with Gasteiger partial charge in [0.15, 0.2) is 5.79 Å². The summed E-state index contributed by atoms with van der Waals surface area (Å²) in [6, 6.07) is 6.36. The molecule has 2 fully saturated rings. The first-order valence-electron chi connectivity index (χ1n) is 10.3. The van der Waals surface area contributed by atoms with Gasteiger partial charge in [-0.05, 0) is 69.2 Å². The summed E-state index contributed by atoms with van der Waals surface area (Å²) in [5, 5.41) is 0.892. The highest BCUT2D eigenvalue weighted by atomic mass is 16.8. The van der Waals surface area contributed by atoms with E-state index in [1.54, 1.807) is 0 Å². The van der Waals surface area contributed by atoms with Crippen LogP contribution in [-0.2, 0) is 15.9 Å². The van der Waals surface area contributed by atoms with Crippen LogP contribution >= 0.6 is 0 Å². The minimum absolute atomic E-state index is 0.0164. The van der Waals surface area contributed by atoms with Crippen LogP contribution < -0.4 is 5.73 Å². The van der Waals surface area contributed by atoms with E-state index in [1.807, 2.05) is 32.3 Å². The van der Waals surface area contributed by atoms with Crippen LogP contribution in [-0.4, -0.2) is 37.5 Å². The highest BCUT2D eigenvalue weighted by molar-refractivity contribution is 5.86. The van der Waals surface area contributed by atoms with Gasteiger partial charge in [0, 0.05) is 18.6 Å². The van der Waals surface area contributed by atoms with Crippen molar-refractivity contribution in [3.8, 4) is 0 Å². The Hall–Kier alpha value is -2.51. The van der Waals surface area contributed by atoms with Crippen molar-refractivity contribution in [3.63, 3.8) is 0 Å². The zero-order chi connectivity index (χ0) is 20.0. The van der Waals surface area contributed by atoms with E-state index < -0.39 is 5.79 Å². The number of nitrogens with zero attached hydrogens (tertiary/aromatic N) is 4. The molecule has 2 N–H and O–H groups in total. The van der Waals surface area contributed by atoms with Gasteiger partial charge in [0.2, 0.25) is 0 Å². The number of pyridine rings is 1. The first-order chi connectivity index (χ1) is 14.0. The third-order valence-electron chi connectivity index (χ3n) is 6.24. The minimum atomic E-state index is -0.561. The van der Waals surface area contributed by atoms with Crippen LogP contribution in [0.1, 0.15) is 44.7 Å². The van der Waals surface area contributed by atoms with Gasteiger partial charge in [0.05, 0.1) is 17.5 Å². The lowest BCUT2D eigenvalue weighted by molar-refractivity contribution is -0.160. The molecular weight excluding hydrogens is 366 g/mol. The van der Waals surface area contributed by atoms with Gasteiger partial charge in [-0.15, -0.1) is 0 Å². The molecule has 1 aliphatic carbocycles. The monoisotopic (exact) mass is 393 g/mol. The van der Waals surface area contributed by atoms with E-state index in [9.17, 15) is 0 Å². The SMILES string of the molecule is CC1(C)O[C@@H]2[C@@H](CCCc3ccncc3)CC(n3ccc4c(N)ncnc43)[C@@H]2O1. The molecular formula is C22H27N5O2. The Morgan fingerprint density at radius 3 is 2.76 bits per heavy atom. The van der Waals surface area contributed by atoms with Crippen molar-refractivity contribution in [2.75, 3.05) is 5.73 Å². The van der Waals surface area contributed by atoms with E-state index in [2.05, 4.69) is 37.8 Å². The van der Waals surface area contributed by atoms with E-state index in [0.717, 1.165) is 36.7 Å². The lowest BCUT2D eigenvalue weighted by Crippen LogP contribution is -2.27. The molecule has 0 spiro atoms. The average Bonchev–Trinajstić information content (AvgIpc) is 3.35. The molecule has 3 aromatic rings. The summed E-state index contributed by atoms with van der Waals surface area (Å²) in [6.07, 6.45) is 11.7. The maximum Gasteiger partial charge on any atom is 0.163 e. The number of nitrogens with two attached hydrogens (primary N) is 1. The van der Waals surface area contributed by atoms with Crippen molar-refractivity contribution in [2.45, 2.75) is 63.6 Å². The first kappa shape index (κ1) is 18.5. The number of hydrogen-bond acceptors (Lipinski definition) is 6. The van der Waals surface area contributed by atoms with Crippen LogP contribution in [0.15, 0.2) is 43.1 Å². The molecule has 29 heavy (non-hydrogen) atoms. The first-order valence-corrected chi connectivity index (χ1v) is 10.3. The van der Waals surface area contributed by atoms with Crippen LogP contribution in [0.2, 0.25) is 0 Å². The molecule has 0 aromatic carbocycles. The number of aryl methyl sites for hydroxylation is 1. The molecule has 1 unspecified atom stereocenters. The molecule has 4 atom stereocenters. The number of nitrogen functional groups attached to an aromatic ring is 1. The molecule has 0 amide bonds. The Kier molecular flexibility index (Phi) is 4.52. The van der Waals surface area contributed by atoms with Crippen molar-refractivity contribution in [1.82, 2.24) is 19.5 Å². The second-order valence-electron chi connectivity index (χ2n) is 8.59. The Morgan fingerprint density at radius 2 is 1.93 bits per heavy atom. The molecule has 1 saturated carbocycles. The third kappa shape index (κ3) is 3.38. The standard InChI is InChI=1S/C22H27N5O2/c1-22(2)28-18-15(5-3-4-14-6-9-24-10-7-14)12-17(19(18)29-22)27-11-8-16-20(23)25-13-26-21(16)27/h6-11,13,15,17-19H,3-5,12H2,1-2H3,(H2,23,25,26)/t15-,17?,18+,19-/m0/s1. The second kappa shape index (κ2) is 7.07. The minimum Gasteiger partial charge on any atom is -0.383 e. The van der Waals surface area contributed by atoms with Gasteiger partial charge in [-0.3, -0.25) is 4.98 Å². The fourth-order valence-electron chi connectivity index (χ4n) is 4.99. The summed E-state index contributed by atoms with van der Waals surface area (Å²) in [5.41, 5.74) is 8.24. The van der Waals surface area contributed by atoms with Crippen LogP contribution in [0, 0.1) is 5.92 Å². The van der Waals surface area contributed by atoms with Crippen molar-refractivity contribution in [2.24, 2.45) is 5.92 Å². The Labute approximate surface area is 170 Å². The van der Waals surface area contributed by atoms with Crippen molar-refractivity contribution in [1.29, 1.82) is 0 Å². The topological polar surface area (TPSA) is 88.1 Å². The Morgan fingerprint density at radius 1 is 1.14 bits per heavy atom. The largest absolute Gasteiger partial charge is 0.383 e. The number of ether oxygens (including phenoxy) is 2. The van der Waals surface area contributed by atoms with Gasteiger partial charge in [0.25, 0.3) is 0 Å². The molecule has 7 heteroatoms. The molecule has 7 nitrogen and oxygen atoms in total. The van der Waals surface area contributed by atoms with Crippen molar-refractivity contribution in [3.05, 3.63) is 48.7 Å². The predicted molar refractivity (Wildman–Crippen MR) is 110 cm³/mol. The second-order valence-corrected chi connectivity index (χ2v) is 8.59. The van der Waals surface area contributed by atoms with Gasteiger partial charge in [-0.2, -0.15) is 0 Å². The molecule has 4 heterocycles. The quantitative estimate of drug-likeness (QED) is 0.714. The fraction of sp³-hybridized carbons (Fsp3) is 0.500. The van der Waals surface area contributed by atoms with E-state index in [-0.39, 0.29) is 18.2 Å². The van der Waals surface area contributed by atoms with E-state index in [0.29, 0.717) is 11.7 Å². The summed E-state index contributed by atoms with van der Waals surface area (Å²) in [5.74, 6) is 0.403. The van der Waals surface area contributed by atoms with Gasteiger partial charge in [-0.1, -0.05) is 0 Å². The van der Waals surface area contributed by atoms with Crippen LogP contribution in [0.3, 0.4) is 0 Å². The maximum absolute atomic E-state index is 6.36. The highest BCUT2D eigenvalue weighted by Gasteiger charge is 2.54. The Bertz CT molecular complexity index is 1000. The van der Waals surface area contributed by atoms with Crippen LogP contribution in [0.25, 0.3) is 11.0 Å². The summed E-state index contributed by atoms with van der Waals surface area (Å²) >= 11 is 0. The smallest absolute Gasteiger partial charge is 0.163 e. The van der Waals surface area contributed by atoms with Gasteiger partial charge < -0.3 is 19.8 Å². The predicted octanol–water partition coefficient (Wildman–Crippen LogP) is 3.51. The van der Waals surface area contributed by atoms with Crippen molar-refractivity contribution >= 4 is 16.9 Å². The van der Waals surface area contributed by atoms with E-state index in [4.69, 9.17) is 15.2 Å².